The lowest BCUT2D eigenvalue weighted by Gasteiger charge is -2.14. The fourth-order valence-electron chi connectivity index (χ4n) is 3.84. The zero-order chi connectivity index (χ0) is 25.5. The zero-order valence-electron chi connectivity index (χ0n) is 20.7. The van der Waals surface area contributed by atoms with E-state index in [9.17, 15) is 9.90 Å². The number of methoxy groups -OCH3 is 1. The largest absolute Gasteiger partial charge is 0.493 e. The number of carbonyl (C=O) groups is 1. The first-order valence-corrected chi connectivity index (χ1v) is 11.9. The minimum Gasteiger partial charge on any atom is -0.493 e. The van der Waals surface area contributed by atoms with Crippen molar-refractivity contribution in [2.75, 3.05) is 33.4 Å². The van der Waals surface area contributed by atoms with Crippen LogP contribution < -0.4 is 19.5 Å². The maximum Gasteiger partial charge on any atom is 0.228 e. The lowest BCUT2D eigenvalue weighted by atomic mass is 10.0. The molecule has 7 heteroatoms. The van der Waals surface area contributed by atoms with Crippen molar-refractivity contribution >= 4 is 16.8 Å². The minimum atomic E-state index is -0.705. The Kier molecular flexibility index (Phi) is 8.25. The molecule has 1 heterocycles. The third kappa shape index (κ3) is 6.05. The van der Waals surface area contributed by atoms with Crippen LogP contribution in [0.4, 0.5) is 0 Å². The average molecular weight is 490 g/mol. The van der Waals surface area contributed by atoms with Gasteiger partial charge in [-0.25, -0.2) is 0 Å². The average Bonchev–Trinajstić information content (AvgIpc) is 3.23. The molecule has 0 aliphatic rings. The van der Waals surface area contributed by atoms with Crippen molar-refractivity contribution in [3.8, 4) is 17.2 Å². The Bertz CT molecular complexity index is 1310. The summed E-state index contributed by atoms with van der Waals surface area (Å²) in [5, 5.41) is 14.3. The summed E-state index contributed by atoms with van der Waals surface area (Å²) in [7, 11) is 1.60. The number of ketones is 1. The molecule has 0 fully saturated rings. The Hall–Kier alpha value is -3.81. The van der Waals surface area contributed by atoms with Gasteiger partial charge >= 0.3 is 0 Å². The molecule has 36 heavy (non-hydrogen) atoms. The van der Waals surface area contributed by atoms with Gasteiger partial charge in [0.15, 0.2) is 17.3 Å². The number of aliphatic hydroxyl groups excluding tert-OH is 1. The van der Waals surface area contributed by atoms with Gasteiger partial charge in [-0.2, -0.15) is 0 Å². The Labute approximate surface area is 210 Å². The first-order chi connectivity index (χ1) is 17.5. The van der Waals surface area contributed by atoms with Crippen molar-refractivity contribution in [3.05, 3.63) is 89.2 Å². The van der Waals surface area contributed by atoms with Gasteiger partial charge in [0.1, 0.15) is 30.7 Å². The van der Waals surface area contributed by atoms with E-state index in [0.717, 1.165) is 16.5 Å². The molecule has 0 aliphatic heterocycles. The molecule has 0 spiro atoms. The van der Waals surface area contributed by atoms with Gasteiger partial charge < -0.3 is 29.1 Å². The smallest absolute Gasteiger partial charge is 0.228 e. The number of ether oxygens (including phenoxy) is 3. The number of hydrogen-bond acceptors (Lipinski definition) is 7. The van der Waals surface area contributed by atoms with Crippen molar-refractivity contribution in [2.45, 2.75) is 20.0 Å². The Morgan fingerprint density at radius 1 is 1.00 bits per heavy atom. The van der Waals surface area contributed by atoms with E-state index in [2.05, 4.69) is 5.32 Å². The van der Waals surface area contributed by atoms with E-state index in [4.69, 9.17) is 18.6 Å². The van der Waals surface area contributed by atoms with E-state index < -0.39 is 6.10 Å². The molecule has 0 saturated heterocycles. The summed E-state index contributed by atoms with van der Waals surface area (Å²) in [6.45, 7) is 5.32. The molecular weight excluding hydrogens is 458 g/mol. The van der Waals surface area contributed by atoms with Crippen LogP contribution in [0.3, 0.4) is 0 Å². The van der Waals surface area contributed by atoms with Gasteiger partial charge in [-0.1, -0.05) is 42.0 Å². The number of hydrogen-bond donors (Lipinski definition) is 2. The van der Waals surface area contributed by atoms with E-state index in [1.165, 1.54) is 0 Å². The Balaban J connectivity index is 1.27. The van der Waals surface area contributed by atoms with E-state index in [-0.39, 0.29) is 12.4 Å². The van der Waals surface area contributed by atoms with Crippen LogP contribution in [0.5, 0.6) is 17.2 Å². The summed E-state index contributed by atoms with van der Waals surface area (Å²) in [6.07, 6.45) is -0.705. The van der Waals surface area contributed by atoms with Crippen LogP contribution in [0, 0.1) is 13.8 Å². The number of para-hydroxylation sites is 2. The molecule has 0 amide bonds. The van der Waals surface area contributed by atoms with Crippen molar-refractivity contribution in [1.29, 1.82) is 0 Å². The van der Waals surface area contributed by atoms with Gasteiger partial charge in [0.05, 0.1) is 7.11 Å². The number of furan rings is 1. The van der Waals surface area contributed by atoms with Crippen LogP contribution in [-0.4, -0.2) is 50.4 Å². The summed E-state index contributed by atoms with van der Waals surface area (Å²) in [5.74, 6) is 2.09. The van der Waals surface area contributed by atoms with Gasteiger partial charge in [0.2, 0.25) is 5.78 Å². The second kappa shape index (κ2) is 11.7. The van der Waals surface area contributed by atoms with Crippen molar-refractivity contribution in [3.63, 3.8) is 0 Å². The summed E-state index contributed by atoms with van der Waals surface area (Å²) >= 11 is 0. The monoisotopic (exact) mass is 489 g/mol. The third-order valence-electron chi connectivity index (χ3n) is 5.86. The van der Waals surface area contributed by atoms with Gasteiger partial charge in [-0.15, -0.1) is 0 Å². The first kappa shape index (κ1) is 25.3. The summed E-state index contributed by atoms with van der Waals surface area (Å²) in [5.41, 5.74) is 3.04. The fourth-order valence-corrected chi connectivity index (χ4v) is 3.84. The molecule has 1 unspecified atom stereocenters. The van der Waals surface area contributed by atoms with Crippen molar-refractivity contribution in [2.24, 2.45) is 0 Å². The molecule has 188 valence electrons. The normalized spacial score (nSPS) is 11.9. The predicted octanol–water partition coefficient (Wildman–Crippen LogP) is 4.70. The summed E-state index contributed by atoms with van der Waals surface area (Å²) < 4.78 is 22.6. The lowest BCUT2D eigenvalue weighted by Crippen LogP contribution is -2.33. The van der Waals surface area contributed by atoms with Crippen LogP contribution in [0.25, 0.3) is 11.0 Å². The number of fused-ring (bicyclic) bond motifs is 1. The van der Waals surface area contributed by atoms with E-state index in [1.807, 2.05) is 62.4 Å². The van der Waals surface area contributed by atoms with E-state index >= 15 is 0 Å². The molecule has 0 bridgehead atoms. The molecule has 2 N–H and O–H groups in total. The van der Waals surface area contributed by atoms with Crippen LogP contribution in [0.2, 0.25) is 0 Å². The molecule has 4 aromatic rings. The Morgan fingerprint density at radius 2 is 1.75 bits per heavy atom. The minimum absolute atomic E-state index is 0.112. The van der Waals surface area contributed by atoms with Crippen molar-refractivity contribution < 1.29 is 28.5 Å². The number of nitrogens with one attached hydrogen (secondary N) is 1. The topological polar surface area (TPSA) is 90.2 Å². The second-order valence-electron chi connectivity index (χ2n) is 8.58. The maximum absolute atomic E-state index is 12.9. The van der Waals surface area contributed by atoms with Crippen molar-refractivity contribution in [1.82, 2.24) is 5.32 Å². The van der Waals surface area contributed by atoms with E-state index in [0.29, 0.717) is 53.9 Å². The fraction of sp³-hybridized carbons (Fsp3) is 0.276. The van der Waals surface area contributed by atoms with Crippen LogP contribution in [-0.2, 0) is 0 Å². The summed E-state index contributed by atoms with van der Waals surface area (Å²) in [6, 6.07) is 20.3. The van der Waals surface area contributed by atoms with Gasteiger partial charge in [0.25, 0.3) is 0 Å². The molecule has 3 aromatic carbocycles. The number of carbonyl (C=O) groups excluding carboxylic acids is 1. The zero-order valence-corrected chi connectivity index (χ0v) is 20.7. The number of aryl methyl sites for hydroxylation is 2. The van der Waals surface area contributed by atoms with Crippen LogP contribution >= 0.6 is 0 Å². The number of rotatable bonds is 12. The predicted molar refractivity (Wildman–Crippen MR) is 138 cm³/mol. The Morgan fingerprint density at radius 3 is 2.50 bits per heavy atom. The molecule has 1 atom stereocenters. The number of aliphatic hydroxyl groups is 1. The molecule has 4 rings (SSSR count). The quantitative estimate of drug-likeness (QED) is 0.220. The highest BCUT2D eigenvalue weighted by Crippen LogP contribution is 2.30. The molecule has 0 aliphatic carbocycles. The molecule has 0 radical (unpaired) electrons. The van der Waals surface area contributed by atoms with Gasteiger partial charge in [0, 0.05) is 35.7 Å². The highest BCUT2D eigenvalue weighted by molar-refractivity contribution is 6.10. The molecule has 7 nitrogen and oxygen atoms in total. The van der Waals surface area contributed by atoms with Crippen LogP contribution in [0.1, 0.15) is 27.2 Å². The molecule has 1 aromatic heterocycles. The molecular formula is C29H31NO6. The van der Waals surface area contributed by atoms with Crippen LogP contribution in [0.15, 0.2) is 71.1 Å². The SMILES string of the molecule is COc1ccccc1OCCNCC(O)COc1ccc2c(C)c(C(=O)c3ccc(C)cc3)oc2c1. The standard InChI is InChI=1S/C29H31NO6/c1-19-8-10-21(11-9-19)28(32)29-20(2)24-13-12-23(16-27(24)36-29)35-18-22(31)17-30-14-15-34-26-7-5-4-6-25(26)33-3/h4-13,16,22,30-31H,14-15,17-18H2,1-3H3. The van der Waals surface area contributed by atoms with E-state index in [1.54, 1.807) is 25.3 Å². The van der Waals surface area contributed by atoms with Gasteiger partial charge in [-0.3, -0.25) is 4.79 Å². The lowest BCUT2D eigenvalue weighted by molar-refractivity contribution is 0.101. The maximum atomic E-state index is 12.9. The highest BCUT2D eigenvalue weighted by Gasteiger charge is 2.19. The first-order valence-electron chi connectivity index (χ1n) is 11.9. The molecule has 0 saturated carbocycles. The second-order valence-corrected chi connectivity index (χ2v) is 8.58. The third-order valence-corrected chi connectivity index (χ3v) is 5.86. The summed E-state index contributed by atoms with van der Waals surface area (Å²) in [4.78, 5) is 12.9. The number of benzene rings is 3. The van der Waals surface area contributed by atoms with Gasteiger partial charge in [-0.05, 0) is 38.1 Å². The highest BCUT2D eigenvalue weighted by atomic mass is 16.5.